The van der Waals surface area contributed by atoms with Crippen molar-refractivity contribution in [1.82, 2.24) is 19.8 Å². The molecule has 0 aliphatic carbocycles. The lowest BCUT2D eigenvalue weighted by Gasteiger charge is -2.44. The molecule has 3 aliphatic rings. The van der Waals surface area contributed by atoms with E-state index in [1.165, 1.54) is 18.2 Å². The number of benzene rings is 2. The quantitative estimate of drug-likeness (QED) is 0.233. The third-order valence-electron chi connectivity index (χ3n) is 10.2. The summed E-state index contributed by atoms with van der Waals surface area (Å²) in [7, 11) is 0. The zero-order chi connectivity index (χ0) is 34.8. The van der Waals surface area contributed by atoms with Crippen LogP contribution in [-0.4, -0.2) is 82.3 Å². The maximum atomic E-state index is 15.0. The van der Waals surface area contributed by atoms with Gasteiger partial charge in [-0.25, -0.2) is 8.78 Å². The molecule has 10 nitrogen and oxygen atoms in total. The van der Waals surface area contributed by atoms with Crippen LogP contribution in [0.2, 0.25) is 5.02 Å². The Morgan fingerprint density at radius 1 is 1.24 bits per heavy atom. The van der Waals surface area contributed by atoms with Gasteiger partial charge in [-0.05, 0) is 57.0 Å². The number of carbonyl (C=O) groups excluding carboxylic acids is 1. The summed E-state index contributed by atoms with van der Waals surface area (Å²) in [5.74, 6) is -0.255. The summed E-state index contributed by atoms with van der Waals surface area (Å²) in [6.45, 7) is 9.71. The van der Waals surface area contributed by atoms with Crippen molar-refractivity contribution in [2.75, 3.05) is 43.4 Å². The highest BCUT2D eigenvalue weighted by molar-refractivity contribution is 7.23. The highest BCUT2D eigenvalue weighted by atomic mass is 35.5. The molecule has 2 aromatic carbocycles. The van der Waals surface area contributed by atoms with Crippen LogP contribution in [-0.2, 0) is 4.79 Å². The average molecular weight is 703 g/mol. The maximum Gasteiger partial charge on any atom is 0.319 e. The van der Waals surface area contributed by atoms with Gasteiger partial charge in [-0.3, -0.25) is 9.69 Å². The Hall–Kier alpha value is -4.56. The van der Waals surface area contributed by atoms with E-state index in [4.69, 9.17) is 32.0 Å². The summed E-state index contributed by atoms with van der Waals surface area (Å²) in [4.78, 5) is 28.2. The van der Waals surface area contributed by atoms with Gasteiger partial charge in [0.1, 0.15) is 35.5 Å². The van der Waals surface area contributed by atoms with Crippen LogP contribution in [0.5, 0.6) is 6.01 Å². The fourth-order valence-corrected chi connectivity index (χ4v) is 9.13. The van der Waals surface area contributed by atoms with Gasteiger partial charge in [0.25, 0.3) is 0 Å². The van der Waals surface area contributed by atoms with E-state index in [-0.39, 0.29) is 72.9 Å². The number of alkyl halides is 1. The van der Waals surface area contributed by atoms with Crippen LogP contribution in [0.1, 0.15) is 44.2 Å². The van der Waals surface area contributed by atoms with E-state index in [1.54, 1.807) is 11.0 Å². The van der Waals surface area contributed by atoms with E-state index in [0.29, 0.717) is 42.8 Å². The summed E-state index contributed by atoms with van der Waals surface area (Å²) >= 11 is 8.18. The molecule has 2 aromatic heterocycles. The van der Waals surface area contributed by atoms with Crippen LogP contribution in [0.15, 0.2) is 30.9 Å². The van der Waals surface area contributed by atoms with Crippen molar-refractivity contribution in [2.24, 2.45) is 0 Å². The molecule has 5 heterocycles. The number of amides is 1. The molecule has 4 aromatic rings. The number of nitrogens with zero attached hydrogens (tertiary/aromatic N) is 7. The highest BCUT2D eigenvalue weighted by Crippen LogP contribution is 2.47. The number of nitrogens with two attached hydrogens (primary N) is 1. The van der Waals surface area contributed by atoms with E-state index >= 15 is 4.39 Å². The van der Waals surface area contributed by atoms with Crippen LogP contribution in [0, 0.1) is 28.5 Å². The number of hydrogen-bond donors (Lipinski definition) is 1. The first-order chi connectivity index (χ1) is 23.5. The molecular weight excluding hydrogens is 670 g/mol. The van der Waals surface area contributed by atoms with Crippen molar-refractivity contribution in [2.45, 2.75) is 56.9 Å². The van der Waals surface area contributed by atoms with Gasteiger partial charge in [0.05, 0.1) is 38.0 Å². The van der Waals surface area contributed by atoms with Crippen LogP contribution in [0.3, 0.4) is 0 Å². The fraction of sp³-hybridized carbons (Fsp3) is 0.400. The minimum atomic E-state index is -0.938. The zero-order valence-electron chi connectivity index (χ0n) is 27.0. The van der Waals surface area contributed by atoms with E-state index in [1.807, 2.05) is 18.7 Å². The molecule has 0 saturated carbocycles. The van der Waals surface area contributed by atoms with E-state index in [0.717, 1.165) is 30.7 Å². The summed E-state index contributed by atoms with van der Waals surface area (Å²) in [5.41, 5.74) is 6.85. The number of thiophene rings is 1. The van der Waals surface area contributed by atoms with Gasteiger partial charge in [-0.1, -0.05) is 24.2 Å². The van der Waals surface area contributed by atoms with Crippen molar-refractivity contribution < 1.29 is 18.3 Å². The minimum absolute atomic E-state index is 0.0368. The van der Waals surface area contributed by atoms with Crippen molar-refractivity contribution in [3.8, 4) is 29.3 Å². The zero-order valence-corrected chi connectivity index (χ0v) is 28.5. The van der Waals surface area contributed by atoms with Gasteiger partial charge in [0, 0.05) is 54.5 Å². The molecule has 0 bridgehead atoms. The number of nitrogen functional groups attached to an aromatic ring is 1. The molecule has 49 heavy (non-hydrogen) atoms. The van der Waals surface area contributed by atoms with Gasteiger partial charge >= 0.3 is 6.01 Å². The van der Waals surface area contributed by atoms with Gasteiger partial charge in [-0.2, -0.15) is 20.5 Å². The Morgan fingerprint density at radius 3 is 2.78 bits per heavy atom. The van der Waals surface area contributed by atoms with Crippen LogP contribution in [0.25, 0.3) is 32.1 Å². The standard InChI is InChI=1S/C35H33ClF2N8O2S/c1-4-26(47)45-14-19(3)46(15-18(45)2)33-23-10-20(12-39)27(22-6-7-25(38)31-28(22)24(13-40)32(41)49-31)29(36)30(23)42-34(43-33)48-17-35-8-5-9-44(35)16-21(37)11-35/h4,6-7,10,18-19,21H,1,5,8-9,11,14-17,41H2,2-3H3/t18-,19+,21-,35+/m1/s1. The molecule has 0 spiro atoms. The number of anilines is 2. The molecular formula is C35H33ClF2N8O2S. The molecule has 14 heteroatoms. The Balaban J connectivity index is 1.42. The number of halogens is 3. The normalized spacial score (nSPS) is 23.9. The maximum absolute atomic E-state index is 15.0. The number of piperazine rings is 1. The predicted molar refractivity (Wildman–Crippen MR) is 186 cm³/mol. The molecule has 1 amide bonds. The molecule has 0 unspecified atom stereocenters. The van der Waals surface area contributed by atoms with Crippen molar-refractivity contribution in [3.63, 3.8) is 0 Å². The number of fused-ring (bicyclic) bond motifs is 3. The Bertz CT molecular complexity index is 2130. The van der Waals surface area contributed by atoms with Gasteiger partial charge in [-0.15, -0.1) is 11.3 Å². The van der Waals surface area contributed by atoms with Gasteiger partial charge in [0.15, 0.2) is 0 Å². The number of ether oxygens (including phenoxy) is 1. The minimum Gasteiger partial charge on any atom is -0.461 e. The van der Waals surface area contributed by atoms with Crippen molar-refractivity contribution >= 4 is 60.7 Å². The smallest absolute Gasteiger partial charge is 0.319 e. The fourth-order valence-electron chi connectivity index (χ4n) is 7.83. The third-order valence-corrected chi connectivity index (χ3v) is 11.6. The van der Waals surface area contributed by atoms with Gasteiger partial charge in [0.2, 0.25) is 5.91 Å². The SMILES string of the molecule is C=CC(=O)N1C[C@H](C)N(c2nc(OC[C@@]34CCCN3C[C@H](F)C4)nc3c(Cl)c(-c4ccc(F)c5sc(N)c(C#N)c45)c(C#N)cc23)C[C@H]1C. The number of rotatable bonds is 6. The molecule has 3 aliphatic heterocycles. The van der Waals surface area contributed by atoms with Crippen LogP contribution >= 0.6 is 22.9 Å². The second-order valence-corrected chi connectivity index (χ2v) is 14.5. The number of hydrogen-bond acceptors (Lipinski definition) is 10. The summed E-state index contributed by atoms with van der Waals surface area (Å²) in [5, 5.41) is 21.4. The van der Waals surface area contributed by atoms with Gasteiger partial charge < -0.3 is 20.3 Å². The second kappa shape index (κ2) is 12.4. The second-order valence-electron chi connectivity index (χ2n) is 13.1. The summed E-state index contributed by atoms with van der Waals surface area (Å²) in [6.07, 6.45) is 2.46. The topological polar surface area (TPSA) is 135 Å². The highest BCUT2D eigenvalue weighted by Gasteiger charge is 2.49. The first kappa shape index (κ1) is 33.0. The molecule has 3 saturated heterocycles. The molecule has 2 N–H and O–H groups in total. The summed E-state index contributed by atoms with van der Waals surface area (Å²) in [6, 6.07) is 8.34. The Labute approximate surface area is 290 Å². The average Bonchev–Trinajstić information content (AvgIpc) is 3.73. The molecule has 252 valence electrons. The number of nitriles is 2. The third kappa shape index (κ3) is 5.32. The molecule has 4 atom stereocenters. The lowest BCUT2D eigenvalue weighted by Crippen LogP contribution is -2.58. The number of aromatic nitrogens is 2. The lowest BCUT2D eigenvalue weighted by molar-refractivity contribution is -0.128. The monoisotopic (exact) mass is 702 g/mol. The first-order valence-corrected chi connectivity index (χ1v) is 17.3. The lowest BCUT2D eigenvalue weighted by atomic mass is 9.93. The van der Waals surface area contributed by atoms with E-state index in [2.05, 4.69) is 23.6 Å². The molecule has 3 fully saturated rings. The predicted octanol–water partition coefficient (Wildman–Crippen LogP) is 6.20. The Kier molecular flexibility index (Phi) is 8.34. The van der Waals surface area contributed by atoms with Crippen molar-refractivity contribution in [3.05, 3.63) is 52.8 Å². The summed E-state index contributed by atoms with van der Waals surface area (Å²) < 4.78 is 36.1. The first-order valence-electron chi connectivity index (χ1n) is 16.1. The molecule has 7 rings (SSSR count). The van der Waals surface area contributed by atoms with Crippen molar-refractivity contribution in [1.29, 1.82) is 10.5 Å². The van der Waals surface area contributed by atoms with Crippen LogP contribution in [0.4, 0.5) is 19.6 Å². The largest absolute Gasteiger partial charge is 0.461 e. The Morgan fingerprint density at radius 2 is 2.04 bits per heavy atom. The van der Waals surface area contributed by atoms with Crippen LogP contribution < -0.4 is 15.4 Å². The molecule has 0 radical (unpaired) electrons. The number of carbonyl (C=O) groups is 1. The van der Waals surface area contributed by atoms with E-state index in [9.17, 15) is 19.7 Å². The van der Waals surface area contributed by atoms with E-state index < -0.39 is 17.5 Å².